The smallest absolute Gasteiger partial charge is 0.259 e. The zero-order chi connectivity index (χ0) is 16.8. The highest BCUT2D eigenvalue weighted by atomic mass is 32.1. The van der Waals surface area contributed by atoms with E-state index in [4.69, 9.17) is 4.74 Å². The monoisotopic (exact) mass is 338 g/mol. The molecule has 0 unspecified atom stereocenters. The van der Waals surface area contributed by atoms with E-state index in [2.05, 4.69) is 17.2 Å². The van der Waals surface area contributed by atoms with Crippen LogP contribution in [0.5, 0.6) is 5.75 Å². The number of aromatic nitrogens is 1. The Morgan fingerprint density at radius 3 is 2.67 bits per heavy atom. The Kier molecular flexibility index (Phi) is 5.23. The minimum Gasteiger partial charge on any atom is -0.486 e. The van der Waals surface area contributed by atoms with Crippen molar-refractivity contribution in [2.45, 2.75) is 20.0 Å². The maximum Gasteiger partial charge on any atom is 0.259 e. The van der Waals surface area contributed by atoms with E-state index in [1.807, 2.05) is 41.8 Å². The molecule has 0 aliphatic heterocycles. The zero-order valence-electron chi connectivity index (χ0n) is 13.4. The number of carbonyl (C=O) groups excluding carboxylic acids is 1. The number of hydrogen-bond donors (Lipinski definition) is 1. The van der Waals surface area contributed by atoms with Crippen LogP contribution in [0.2, 0.25) is 0 Å². The van der Waals surface area contributed by atoms with Crippen LogP contribution in [0.3, 0.4) is 0 Å². The van der Waals surface area contributed by atoms with Gasteiger partial charge in [0.1, 0.15) is 12.4 Å². The predicted molar refractivity (Wildman–Crippen MR) is 96.7 cm³/mol. The first kappa shape index (κ1) is 16.2. The molecule has 0 aliphatic carbocycles. The average Bonchev–Trinajstić information content (AvgIpc) is 3.14. The van der Waals surface area contributed by atoms with Crippen LogP contribution in [0, 0.1) is 0 Å². The molecule has 0 saturated carbocycles. The second-order valence-corrected chi connectivity index (χ2v) is 5.99. The number of hydrogen-bond acceptors (Lipinski definition) is 4. The summed E-state index contributed by atoms with van der Waals surface area (Å²) in [4.78, 5) is 16.7. The van der Waals surface area contributed by atoms with Crippen LogP contribution in [0.1, 0.15) is 28.5 Å². The zero-order valence-corrected chi connectivity index (χ0v) is 14.2. The number of nitrogens with one attached hydrogen (secondary N) is 1. The molecule has 1 heterocycles. The molecule has 0 spiro atoms. The number of ether oxygens (including phenoxy) is 1. The molecule has 1 aromatic heterocycles. The number of benzene rings is 2. The van der Waals surface area contributed by atoms with Crippen molar-refractivity contribution in [2.24, 2.45) is 0 Å². The van der Waals surface area contributed by atoms with Crippen molar-refractivity contribution in [3.05, 3.63) is 76.2 Å². The number of aryl methyl sites for hydroxylation is 1. The minimum atomic E-state index is -0.187. The summed E-state index contributed by atoms with van der Waals surface area (Å²) in [5.74, 6) is 0.362. The molecule has 0 bridgehead atoms. The lowest BCUT2D eigenvalue weighted by Gasteiger charge is -2.11. The lowest BCUT2D eigenvalue weighted by atomic mass is 10.1. The van der Waals surface area contributed by atoms with E-state index < -0.39 is 0 Å². The summed E-state index contributed by atoms with van der Waals surface area (Å²) in [6.07, 6.45) is 0.974. The number of rotatable bonds is 6. The lowest BCUT2D eigenvalue weighted by molar-refractivity contribution is 0.102. The second-order valence-electron chi connectivity index (χ2n) is 5.27. The van der Waals surface area contributed by atoms with Gasteiger partial charge in [-0.25, -0.2) is 4.98 Å². The normalized spacial score (nSPS) is 10.4. The molecular weight excluding hydrogens is 320 g/mol. The van der Waals surface area contributed by atoms with E-state index in [0.29, 0.717) is 17.9 Å². The van der Waals surface area contributed by atoms with Crippen LogP contribution >= 0.6 is 11.3 Å². The molecule has 122 valence electrons. The van der Waals surface area contributed by atoms with Crippen molar-refractivity contribution in [3.63, 3.8) is 0 Å². The summed E-state index contributed by atoms with van der Waals surface area (Å²) in [6, 6.07) is 15.1. The van der Waals surface area contributed by atoms with E-state index in [-0.39, 0.29) is 5.91 Å². The van der Waals surface area contributed by atoms with Crippen LogP contribution in [-0.2, 0) is 13.0 Å². The van der Waals surface area contributed by atoms with Gasteiger partial charge in [0.2, 0.25) is 0 Å². The molecule has 3 rings (SSSR count). The van der Waals surface area contributed by atoms with Gasteiger partial charge < -0.3 is 10.1 Å². The quantitative estimate of drug-likeness (QED) is 0.718. The number of para-hydroxylation sites is 1. The van der Waals surface area contributed by atoms with Crippen molar-refractivity contribution in [3.8, 4) is 5.75 Å². The summed E-state index contributed by atoms with van der Waals surface area (Å²) < 4.78 is 5.76. The standard InChI is InChI=1S/C19H18N2O2S/c1-2-14-7-9-15(10-8-14)21-19(22)17-5-3-4-6-18(17)23-11-16-12-24-13-20-16/h3-10,12-13H,2,11H2,1H3,(H,21,22). The highest BCUT2D eigenvalue weighted by Crippen LogP contribution is 2.21. The fraction of sp³-hybridized carbons (Fsp3) is 0.158. The Labute approximate surface area is 145 Å². The Hall–Kier alpha value is -2.66. The topological polar surface area (TPSA) is 51.2 Å². The molecule has 24 heavy (non-hydrogen) atoms. The van der Waals surface area contributed by atoms with E-state index in [0.717, 1.165) is 17.8 Å². The Bertz CT molecular complexity index is 798. The summed E-state index contributed by atoms with van der Waals surface area (Å²) >= 11 is 1.52. The Morgan fingerprint density at radius 1 is 1.17 bits per heavy atom. The number of thiazole rings is 1. The minimum absolute atomic E-state index is 0.187. The number of nitrogens with zero attached hydrogens (tertiary/aromatic N) is 1. The van der Waals surface area contributed by atoms with Gasteiger partial charge in [-0.2, -0.15) is 0 Å². The average molecular weight is 338 g/mol. The van der Waals surface area contributed by atoms with Gasteiger partial charge >= 0.3 is 0 Å². The SMILES string of the molecule is CCc1ccc(NC(=O)c2ccccc2OCc2cscn2)cc1. The van der Waals surface area contributed by atoms with Crippen molar-refractivity contribution in [1.29, 1.82) is 0 Å². The molecule has 2 aromatic carbocycles. The molecule has 0 fully saturated rings. The maximum absolute atomic E-state index is 12.5. The lowest BCUT2D eigenvalue weighted by Crippen LogP contribution is -2.13. The van der Waals surface area contributed by atoms with E-state index >= 15 is 0 Å². The molecule has 0 aliphatic rings. The van der Waals surface area contributed by atoms with Crippen LogP contribution < -0.4 is 10.1 Å². The van der Waals surface area contributed by atoms with Crippen LogP contribution in [0.15, 0.2) is 59.4 Å². The Balaban J connectivity index is 1.71. The second kappa shape index (κ2) is 7.75. The van der Waals surface area contributed by atoms with Gasteiger partial charge in [-0.15, -0.1) is 11.3 Å². The fourth-order valence-corrected chi connectivity index (χ4v) is 2.81. The number of carbonyl (C=O) groups is 1. The maximum atomic E-state index is 12.5. The van der Waals surface area contributed by atoms with E-state index in [1.165, 1.54) is 16.9 Å². The van der Waals surface area contributed by atoms with E-state index in [1.54, 1.807) is 17.6 Å². The number of anilines is 1. The molecule has 4 nitrogen and oxygen atoms in total. The van der Waals surface area contributed by atoms with Gasteiger partial charge in [0.05, 0.1) is 16.8 Å². The number of amides is 1. The molecule has 3 aromatic rings. The van der Waals surface area contributed by atoms with Gasteiger partial charge in [-0.3, -0.25) is 4.79 Å². The predicted octanol–water partition coefficient (Wildman–Crippen LogP) is 4.54. The molecular formula is C19H18N2O2S. The third-order valence-corrected chi connectivity index (χ3v) is 4.25. The molecule has 0 saturated heterocycles. The molecule has 1 N–H and O–H groups in total. The highest BCUT2D eigenvalue weighted by molar-refractivity contribution is 7.07. The molecule has 1 amide bonds. The Morgan fingerprint density at radius 2 is 1.96 bits per heavy atom. The third kappa shape index (κ3) is 4.00. The van der Waals surface area contributed by atoms with E-state index in [9.17, 15) is 4.79 Å². The van der Waals surface area contributed by atoms with Crippen molar-refractivity contribution in [1.82, 2.24) is 4.98 Å². The van der Waals surface area contributed by atoms with Gasteiger partial charge in [0, 0.05) is 11.1 Å². The largest absolute Gasteiger partial charge is 0.486 e. The van der Waals surface area contributed by atoms with Crippen LogP contribution in [-0.4, -0.2) is 10.9 Å². The third-order valence-electron chi connectivity index (χ3n) is 3.61. The first-order valence-electron chi connectivity index (χ1n) is 7.75. The van der Waals surface area contributed by atoms with Gasteiger partial charge in [0.25, 0.3) is 5.91 Å². The molecule has 0 atom stereocenters. The van der Waals surface area contributed by atoms with Crippen LogP contribution in [0.25, 0.3) is 0 Å². The summed E-state index contributed by atoms with van der Waals surface area (Å²) in [6.45, 7) is 2.45. The van der Waals surface area contributed by atoms with Gasteiger partial charge in [-0.05, 0) is 36.2 Å². The summed E-state index contributed by atoms with van der Waals surface area (Å²) in [7, 11) is 0. The first-order chi connectivity index (χ1) is 11.8. The summed E-state index contributed by atoms with van der Waals surface area (Å²) in [5, 5.41) is 4.84. The fourth-order valence-electron chi connectivity index (χ4n) is 2.26. The van der Waals surface area contributed by atoms with Crippen molar-refractivity contribution in [2.75, 3.05) is 5.32 Å². The first-order valence-corrected chi connectivity index (χ1v) is 8.69. The van der Waals surface area contributed by atoms with Crippen molar-refractivity contribution >= 4 is 22.9 Å². The van der Waals surface area contributed by atoms with Crippen LogP contribution in [0.4, 0.5) is 5.69 Å². The molecule has 5 heteroatoms. The van der Waals surface area contributed by atoms with Crippen molar-refractivity contribution < 1.29 is 9.53 Å². The highest BCUT2D eigenvalue weighted by Gasteiger charge is 2.12. The molecule has 0 radical (unpaired) electrons. The van der Waals surface area contributed by atoms with Gasteiger partial charge in [0.15, 0.2) is 0 Å². The summed E-state index contributed by atoms with van der Waals surface area (Å²) in [5.41, 5.74) is 5.13. The van der Waals surface area contributed by atoms with Gasteiger partial charge in [-0.1, -0.05) is 31.2 Å².